The Morgan fingerprint density at radius 2 is 1.73 bits per heavy atom. The molecule has 2 fully saturated rings. The molecule has 0 spiro atoms. The second-order valence-corrected chi connectivity index (χ2v) is 7.74. The van der Waals surface area contributed by atoms with Gasteiger partial charge in [-0.25, -0.2) is 4.98 Å². The van der Waals surface area contributed by atoms with Gasteiger partial charge in [0.15, 0.2) is 0 Å². The summed E-state index contributed by atoms with van der Waals surface area (Å²) in [4.78, 5) is 6.74. The van der Waals surface area contributed by atoms with Crippen molar-refractivity contribution in [3.05, 3.63) is 66.2 Å². The molecule has 0 amide bonds. The largest absolute Gasteiger partial charge is 0.387 e. The number of hydrogen-bond donors (Lipinski definition) is 1. The first-order valence-corrected chi connectivity index (χ1v) is 9.74. The molecule has 1 aromatic carbocycles. The van der Waals surface area contributed by atoms with E-state index in [0.29, 0.717) is 11.8 Å². The third-order valence-corrected chi connectivity index (χ3v) is 6.06. The summed E-state index contributed by atoms with van der Waals surface area (Å²) in [5.74, 6) is 0.927. The predicted molar refractivity (Wildman–Crippen MR) is 104 cm³/mol. The van der Waals surface area contributed by atoms with Crippen molar-refractivity contribution in [2.24, 2.45) is 5.92 Å². The summed E-state index contributed by atoms with van der Waals surface area (Å²) in [6.45, 7) is 2.01. The number of aromatic nitrogens is 2. The molecule has 5 rings (SSSR count). The first kappa shape index (κ1) is 15.9. The molecule has 1 atom stereocenters. The fraction of sp³-hybridized carbons (Fsp3) is 0.409. The zero-order valence-electron chi connectivity index (χ0n) is 15.0. The molecule has 1 saturated carbocycles. The number of rotatable bonds is 4. The molecular formula is C22H25N3O. The molecule has 134 valence electrons. The molecule has 0 radical (unpaired) electrons. The Bertz CT molecular complexity index is 892. The fourth-order valence-electron chi connectivity index (χ4n) is 4.42. The minimum atomic E-state index is -0.415. The quantitative estimate of drug-likeness (QED) is 0.770. The van der Waals surface area contributed by atoms with Gasteiger partial charge >= 0.3 is 0 Å². The highest BCUT2D eigenvalue weighted by atomic mass is 16.3. The zero-order chi connectivity index (χ0) is 17.5. The average molecular weight is 347 g/mol. The number of hydrogen-bond acceptors (Lipinski definition) is 3. The van der Waals surface area contributed by atoms with Gasteiger partial charge in [-0.15, -0.1) is 0 Å². The van der Waals surface area contributed by atoms with Crippen LogP contribution in [0.25, 0.3) is 5.52 Å². The summed E-state index contributed by atoms with van der Waals surface area (Å²) in [6.07, 6.45) is 7.85. The van der Waals surface area contributed by atoms with Crippen LogP contribution in [0, 0.1) is 5.92 Å². The monoisotopic (exact) mass is 347 g/mol. The van der Waals surface area contributed by atoms with Gasteiger partial charge in [0, 0.05) is 18.8 Å². The normalized spacial score (nSPS) is 19.8. The third-order valence-electron chi connectivity index (χ3n) is 6.06. The zero-order valence-corrected chi connectivity index (χ0v) is 15.0. The number of pyridine rings is 1. The summed E-state index contributed by atoms with van der Waals surface area (Å²) in [6, 6.07) is 14.9. The van der Waals surface area contributed by atoms with Crippen LogP contribution in [0.5, 0.6) is 0 Å². The molecule has 2 aliphatic rings. The third kappa shape index (κ3) is 2.78. The summed E-state index contributed by atoms with van der Waals surface area (Å²) >= 11 is 0. The molecule has 1 saturated heterocycles. The molecular weight excluding hydrogens is 322 g/mol. The number of fused-ring (bicyclic) bond motifs is 1. The van der Waals surface area contributed by atoms with Crippen LogP contribution in [-0.2, 0) is 0 Å². The maximum atomic E-state index is 11.3. The second kappa shape index (κ2) is 6.44. The van der Waals surface area contributed by atoms with E-state index in [4.69, 9.17) is 0 Å². The van der Waals surface area contributed by atoms with Crippen LogP contribution in [0.4, 0.5) is 5.69 Å². The summed E-state index contributed by atoms with van der Waals surface area (Å²) in [5, 5.41) is 11.3. The average Bonchev–Trinajstić information content (AvgIpc) is 3.44. The number of aliphatic hydroxyl groups excluding tert-OH is 1. The molecule has 1 N–H and O–H groups in total. The van der Waals surface area contributed by atoms with Crippen molar-refractivity contribution in [1.29, 1.82) is 0 Å². The van der Waals surface area contributed by atoms with E-state index in [1.165, 1.54) is 24.1 Å². The molecule has 2 aromatic heterocycles. The summed E-state index contributed by atoms with van der Waals surface area (Å²) < 4.78 is 2.11. The number of benzene rings is 1. The minimum absolute atomic E-state index is 0.306. The number of piperidine rings is 1. The number of aliphatic hydroxyl groups is 1. The lowest BCUT2D eigenvalue weighted by Crippen LogP contribution is -2.36. The topological polar surface area (TPSA) is 40.8 Å². The van der Waals surface area contributed by atoms with Gasteiger partial charge in [0.05, 0.1) is 29.8 Å². The molecule has 0 bridgehead atoms. The van der Waals surface area contributed by atoms with E-state index < -0.39 is 6.10 Å². The maximum absolute atomic E-state index is 11.3. The van der Waals surface area contributed by atoms with Crippen molar-refractivity contribution in [1.82, 2.24) is 9.38 Å². The molecule has 26 heavy (non-hydrogen) atoms. The smallest absolute Gasteiger partial charge is 0.0995 e. The molecule has 3 aromatic rings. The van der Waals surface area contributed by atoms with Crippen LogP contribution in [0.1, 0.15) is 49.0 Å². The van der Waals surface area contributed by atoms with Gasteiger partial charge in [-0.1, -0.05) is 24.3 Å². The predicted octanol–water partition coefficient (Wildman–Crippen LogP) is 4.16. The molecule has 4 nitrogen and oxygen atoms in total. The Hall–Kier alpha value is -2.33. The Morgan fingerprint density at radius 3 is 2.46 bits per heavy atom. The van der Waals surface area contributed by atoms with E-state index in [0.717, 1.165) is 37.1 Å². The van der Waals surface area contributed by atoms with Gasteiger partial charge in [0.1, 0.15) is 0 Å². The molecule has 1 aliphatic carbocycles. The van der Waals surface area contributed by atoms with E-state index in [-0.39, 0.29) is 0 Å². The minimum Gasteiger partial charge on any atom is -0.387 e. The van der Waals surface area contributed by atoms with Crippen LogP contribution in [0.2, 0.25) is 0 Å². The number of anilines is 1. The Labute approximate surface area is 154 Å². The fourth-order valence-corrected chi connectivity index (χ4v) is 4.42. The maximum Gasteiger partial charge on any atom is 0.0995 e. The summed E-state index contributed by atoms with van der Waals surface area (Å²) in [5.41, 5.74) is 4.77. The van der Waals surface area contributed by atoms with Gasteiger partial charge in [-0.2, -0.15) is 0 Å². The van der Waals surface area contributed by atoms with Gasteiger partial charge < -0.3 is 14.4 Å². The Kier molecular flexibility index (Phi) is 3.93. The molecule has 1 aliphatic heterocycles. The molecule has 1 unspecified atom stereocenters. The van der Waals surface area contributed by atoms with Crippen molar-refractivity contribution in [2.75, 3.05) is 18.0 Å². The van der Waals surface area contributed by atoms with Gasteiger partial charge in [0.2, 0.25) is 0 Å². The van der Waals surface area contributed by atoms with Gasteiger partial charge in [0.25, 0.3) is 0 Å². The van der Waals surface area contributed by atoms with Crippen molar-refractivity contribution in [3.63, 3.8) is 0 Å². The highest BCUT2D eigenvalue weighted by molar-refractivity contribution is 5.50. The number of imidazole rings is 1. The highest BCUT2D eigenvalue weighted by Crippen LogP contribution is 2.45. The number of nitrogens with zero attached hydrogens (tertiary/aromatic N) is 3. The van der Waals surface area contributed by atoms with Crippen molar-refractivity contribution in [2.45, 2.75) is 37.7 Å². The SMILES string of the molecule is OC(c1c(C2CC2)ccc2cncn12)C1CCN(c2ccccc2)CC1. The van der Waals surface area contributed by atoms with E-state index >= 15 is 0 Å². The Balaban J connectivity index is 1.39. The standard InChI is InChI=1S/C22H25N3O/c26-22(17-10-12-24(13-11-17)18-4-2-1-3-5-18)21-20(16-6-7-16)9-8-19-14-23-15-25(19)21/h1-5,8-9,14-17,22,26H,6-7,10-13H2. The lowest BCUT2D eigenvalue weighted by Gasteiger charge is -2.36. The molecule has 3 heterocycles. The second-order valence-electron chi connectivity index (χ2n) is 7.74. The van der Waals surface area contributed by atoms with E-state index in [1.807, 2.05) is 12.5 Å². The summed E-state index contributed by atoms with van der Waals surface area (Å²) in [7, 11) is 0. The van der Waals surface area contributed by atoms with Gasteiger partial charge in [-0.05, 0) is 61.3 Å². The lowest BCUT2D eigenvalue weighted by atomic mass is 9.87. The Morgan fingerprint density at radius 1 is 0.962 bits per heavy atom. The van der Waals surface area contributed by atoms with Crippen LogP contribution >= 0.6 is 0 Å². The van der Waals surface area contributed by atoms with Gasteiger partial charge in [-0.3, -0.25) is 0 Å². The van der Waals surface area contributed by atoms with Crippen molar-refractivity contribution >= 4 is 11.2 Å². The van der Waals surface area contributed by atoms with Crippen LogP contribution in [0.15, 0.2) is 55.0 Å². The van der Waals surface area contributed by atoms with E-state index in [1.54, 1.807) is 0 Å². The lowest BCUT2D eigenvalue weighted by molar-refractivity contribution is 0.0871. The number of para-hydroxylation sites is 1. The van der Waals surface area contributed by atoms with Crippen LogP contribution in [0.3, 0.4) is 0 Å². The van der Waals surface area contributed by atoms with Crippen molar-refractivity contribution < 1.29 is 5.11 Å². The first-order valence-electron chi connectivity index (χ1n) is 9.74. The van der Waals surface area contributed by atoms with Crippen molar-refractivity contribution in [3.8, 4) is 0 Å². The van der Waals surface area contributed by atoms with Crippen LogP contribution < -0.4 is 4.90 Å². The first-order chi connectivity index (χ1) is 12.8. The molecule has 4 heteroatoms. The van der Waals surface area contributed by atoms with Crippen LogP contribution in [-0.4, -0.2) is 27.6 Å². The highest BCUT2D eigenvalue weighted by Gasteiger charge is 2.34. The van der Waals surface area contributed by atoms with E-state index in [9.17, 15) is 5.11 Å². The van der Waals surface area contributed by atoms with E-state index in [2.05, 4.69) is 56.7 Å².